The predicted molar refractivity (Wildman–Crippen MR) is 112 cm³/mol. The molecule has 0 aliphatic carbocycles. The number of rotatable bonds is 5. The SMILES string of the molecule is Cc1nc(-c2ccc3c(c2)CCN3C(=O)CN(C)Cc2scnc2C)cs1. The van der Waals surface area contributed by atoms with Crippen LogP contribution in [0.25, 0.3) is 11.3 Å². The fourth-order valence-corrected chi connectivity index (χ4v) is 4.89. The summed E-state index contributed by atoms with van der Waals surface area (Å²) in [5.41, 5.74) is 7.33. The van der Waals surface area contributed by atoms with E-state index in [-0.39, 0.29) is 5.91 Å². The van der Waals surface area contributed by atoms with E-state index in [1.165, 1.54) is 10.4 Å². The summed E-state index contributed by atoms with van der Waals surface area (Å²) in [4.78, 5) is 26.9. The minimum Gasteiger partial charge on any atom is -0.311 e. The molecule has 0 atom stereocenters. The Kier molecular flexibility index (Phi) is 5.08. The van der Waals surface area contributed by atoms with Gasteiger partial charge in [0.25, 0.3) is 0 Å². The quantitative estimate of drug-likeness (QED) is 0.654. The van der Waals surface area contributed by atoms with Gasteiger partial charge in [0.1, 0.15) is 0 Å². The zero-order valence-corrected chi connectivity index (χ0v) is 17.4. The highest BCUT2D eigenvalue weighted by molar-refractivity contribution is 7.10. The van der Waals surface area contributed by atoms with E-state index in [0.717, 1.165) is 47.2 Å². The maximum absolute atomic E-state index is 12.9. The molecule has 0 bridgehead atoms. The van der Waals surface area contributed by atoms with Crippen LogP contribution in [0.1, 0.15) is 21.1 Å². The fraction of sp³-hybridized carbons (Fsp3) is 0.350. The lowest BCUT2D eigenvalue weighted by Crippen LogP contribution is -2.37. The molecule has 3 aromatic rings. The molecule has 0 radical (unpaired) electrons. The van der Waals surface area contributed by atoms with Crippen molar-refractivity contribution in [3.05, 3.63) is 50.2 Å². The molecule has 1 aromatic carbocycles. The van der Waals surface area contributed by atoms with Crippen LogP contribution >= 0.6 is 22.7 Å². The standard InChI is InChI=1S/C20H22N4OS2/c1-13-19(27-12-21-13)9-23(3)10-20(25)24-7-6-16-8-15(4-5-18(16)24)17-11-26-14(2)22-17/h4-5,8,11-12H,6-7,9-10H2,1-3H3. The number of amides is 1. The summed E-state index contributed by atoms with van der Waals surface area (Å²) >= 11 is 3.31. The Labute approximate surface area is 167 Å². The molecule has 140 valence electrons. The van der Waals surface area contributed by atoms with Gasteiger partial charge in [-0.2, -0.15) is 0 Å². The molecule has 0 saturated heterocycles. The van der Waals surface area contributed by atoms with Gasteiger partial charge in [0.15, 0.2) is 0 Å². The van der Waals surface area contributed by atoms with Gasteiger partial charge in [0.05, 0.1) is 28.5 Å². The monoisotopic (exact) mass is 398 g/mol. The summed E-state index contributed by atoms with van der Waals surface area (Å²) in [7, 11) is 1.99. The highest BCUT2D eigenvalue weighted by Gasteiger charge is 2.26. The molecular weight excluding hydrogens is 376 g/mol. The molecule has 0 fully saturated rings. The zero-order valence-electron chi connectivity index (χ0n) is 15.7. The van der Waals surface area contributed by atoms with E-state index in [0.29, 0.717) is 6.54 Å². The Morgan fingerprint density at radius 1 is 1.30 bits per heavy atom. The van der Waals surface area contributed by atoms with Crippen LogP contribution in [0.15, 0.2) is 29.1 Å². The van der Waals surface area contributed by atoms with Gasteiger partial charge < -0.3 is 4.90 Å². The maximum Gasteiger partial charge on any atom is 0.241 e. The van der Waals surface area contributed by atoms with Gasteiger partial charge in [-0.3, -0.25) is 9.69 Å². The number of hydrogen-bond donors (Lipinski definition) is 0. The smallest absolute Gasteiger partial charge is 0.241 e. The lowest BCUT2D eigenvalue weighted by atomic mass is 10.1. The van der Waals surface area contributed by atoms with Gasteiger partial charge in [0, 0.05) is 34.6 Å². The lowest BCUT2D eigenvalue weighted by Gasteiger charge is -2.22. The second-order valence-corrected chi connectivity index (χ2v) is 8.93. The van der Waals surface area contributed by atoms with Crippen LogP contribution < -0.4 is 4.90 Å². The predicted octanol–water partition coefficient (Wildman–Crippen LogP) is 3.90. The van der Waals surface area contributed by atoms with Crippen molar-refractivity contribution in [2.45, 2.75) is 26.8 Å². The minimum atomic E-state index is 0.149. The second kappa shape index (κ2) is 7.50. The first-order valence-electron chi connectivity index (χ1n) is 8.94. The third kappa shape index (κ3) is 3.81. The van der Waals surface area contributed by atoms with Crippen LogP contribution in [0.3, 0.4) is 0 Å². The van der Waals surface area contributed by atoms with Crippen LogP contribution in [0.5, 0.6) is 0 Å². The van der Waals surface area contributed by atoms with Gasteiger partial charge in [-0.1, -0.05) is 6.07 Å². The van der Waals surface area contributed by atoms with E-state index in [1.54, 1.807) is 22.7 Å². The van der Waals surface area contributed by atoms with E-state index >= 15 is 0 Å². The summed E-state index contributed by atoms with van der Waals surface area (Å²) in [6, 6.07) is 6.32. The van der Waals surface area contributed by atoms with Gasteiger partial charge in [-0.25, -0.2) is 9.97 Å². The number of aromatic nitrogens is 2. The molecular formula is C20H22N4OS2. The topological polar surface area (TPSA) is 49.3 Å². The van der Waals surface area contributed by atoms with Crippen LogP contribution in [-0.2, 0) is 17.8 Å². The van der Waals surface area contributed by atoms with Gasteiger partial charge >= 0.3 is 0 Å². The Morgan fingerprint density at radius 3 is 2.85 bits per heavy atom. The highest BCUT2D eigenvalue weighted by atomic mass is 32.1. The summed E-state index contributed by atoms with van der Waals surface area (Å²) in [6.45, 7) is 5.95. The van der Waals surface area contributed by atoms with Gasteiger partial charge in [-0.05, 0) is 45.0 Å². The molecule has 0 N–H and O–H groups in total. The Hall–Kier alpha value is -2.09. The van der Waals surface area contributed by atoms with Crippen molar-refractivity contribution in [3.63, 3.8) is 0 Å². The number of thiazole rings is 2. The number of carbonyl (C=O) groups excluding carboxylic acids is 1. The summed E-state index contributed by atoms with van der Waals surface area (Å²) < 4.78 is 0. The summed E-state index contributed by atoms with van der Waals surface area (Å²) in [6.07, 6.45) is 0.899. The number of carbonyl (C=O) groups is 1. The average molecular weight is 399 g/mol. The molecule has 5 nitrogen and oxygen atoms in total. The average Bonchev–Trinajstić information content (AvgIpc) is 3.35. The number of fused-ring (bicyclic) bond motifs is 1. The van der Waals surface area contributed by atoms with Crippen LogP contribution in [0.2, 0.25) is 0 Å². The number of nitrogens with zero attached hydrogens (tertiary/aromatic N) is 4. The number of aryl methyl sites for hydroxylation is 2. The molecule has 7 heteroatoms. The van der Waals surface area contributed by atoms with Crippen molar-refractivity contribution in [3.8, 4) is 11.3 Å². The van der Waals surface area contributed by atoms with E-state index < -0.39 is 0 Å². The van der Waals surface area contributed by atoms with Crippen molar-refractivity contribution in [1.82, 2.24) is 14.9 Å². The van der Waals surface area contributed by atoms with Gasteiger partial charge in [0.2, 0.25) is 5.91 Å². The first kappa shape index (κ1) is 18.3. The molecule has 3 heterocycles. The molecule has 1 aliphatic rings. The molecule has 27 heavy (non-hydrogen) atoms. The Morgan fingerprint density at radius 2 is 2.15 bits per heavy atom. The van der Waals surface area contributed by atoms with Crippen molar-refractivity contribution in [2.24, 2.45) is 0 Å². The molecule has 1 aliphatic heterocycles. The third-order valence-corrected chi connectivity index (χ3v) is 6.55. The molecule has 0 unspecified atom stereocenters. The normalized spacial score (nSPS) is 13.4. The van der Waals surface area contributed by atoms with Crippen molar-refractivity contribution in [2.75, 3.05) is 25.0 Å². The molecule has 1 amide bonds. The van der Waals surface area contributed by atoms with Crippen LogP contribution in [0, 0.1) is 13.8 Å². The second-order valence-electron chi connectivity index (χ2n) is 6.92. The molecule has 4 rings (SSSR count). The Balaban J connectivity index is 1.45. The van der Waals surface area contributed by atoms with E-state index in [2.05, 4.69) is 38.4 Å². The molecule has 0 spiro atoms. The highest BCUT2D eigenvalue weighted by Crippen LogP contribution is 2.33. The van der Waals surface area contributed by atoms with E-state index in [9.17, 15) is 4.79 Å². The Bertz CT molecular complexity index is 978. The fourth-order valence-electron chi connectivity index (χ4n) is 3.41. The maximum atomic E-state index is 12.9. The van der Waals surface area contributed by atoms with E-state index in [4.69, 9.17) is 0 Å². The van der Waals surface area contributed by atoms with Crippen molar-refractivity contribution >= 4 is 34.3 Å². The zero-order chi connectivity index (χ0) is 19.0. The molecule has 0 saturated carbocycles. The minimum absolute atomic E-state index is 0.149. The first-order valence-corrected chi connectivity index (χ1v) is 10.7. The number of benzene rings is 1. The number of likely N-dealkylation sites (N-methyl/N-ethyl adjacent to an activating group) is 1. The van der Waals surface area contributed by atoms with Crippen molar-refractivity contribution in [1.29, 1.82) is 0 Å². The van der Waals surface area contributed by atoms with E-state index in [1.807, 2.05) is 31.3 Å². The first-order chi connectivity index (χ1) is 13.0. The van der Waals surface area contributed by atoms with Crippen LogP contribution in [0.4, 0.5) is 5.69 Å². The molecule has 2 aromatic heterocycles. The number of hydrogen-bond acceptors (Lipinski definition) is 6. The van der Waals surface area contributed by atoms with Crippen LogP contribution in [-0.4, -0.2) is 40.9 Å². The number of anilines is 1. The third-order valence-electron chi connectivity index (χ3n) is 4.85. The lowest BCUT2D eigenvalue weighted by molar-refractivity contribution is -0.119. The summed E-state index contributed by atoms with van der Waals surface area (Å²) in [5, 5.41) is 3.16. The summed E-state index contributed by atoms with van der Waals surface area (Å²) in [5.74, 6) is 0.149. The van der Waals surface area contributed by atoms with Crippen molar-refractivity contribution < 1.29 is 4.79 Å². The van der Waals surface area contributed by atoms with Gasteiger partial charge in [-0.15, -0.1) is 22.7 Å². The largest absolute Gasteiger partial charge is 0.311 e.